The number of aromatic amines is 1. The van der Waals surface area contributed by atoms with Crippen LogP contribution in [0.3, 0.4) is 0 Å². The normalized spacial score (nSPS) is 14.4. The van der Waals surface area contributed by atoms with Crippen molar-refractivity contribution in [3.63, 3.8) is 0 Å². The summed E-state index contributed by atoms with van der Waals surface area (Å²) < 4.78 is 2.44. The summed E-state index contributed by atoms with van der Waals surface area (Å²) in [5, 5.41) is 8.63. The molecule has 1 fully saturated rings. The zero-order chi connectivity index (χ0) is 20.2. The minimum atomic E-state index is -0.163. The van der Waals surface area contributed by atoms with Gasteiger partial charge in [-0.25, -0.2) is 14.3 Å². The third-order valence-electron chi connectivity index (χ3n) is 4.51. The molecule has 0 unspecified atom stereocenters. The van der Waals surface area contributed by atoms with Crippen LogP contribution in [0.5, 0.6) is 0 Å². The Balaban J connectivity index is 0.000000878. The Morgan fingerprint density at radius 2 is 1.96 bits per heavy atom. The molecular weight excluding hydrogens is 392 g/mol. The molecular formula is C19H28N6OS2. The first kappa shape index (κ1) is 22.5. The Bertz CT molecular complexity index is 814. The molecule has 0 aromatic carbocycles. The van der Waals surface area contributed by atoms with Gasteiger partial charge in [0.25, 0.3) is 5.56 Å². The van der Waals surface area contributed by atoms with Gasteiger partial charge >= 0.3 is 0 Å². The lowest BCUT2D eigenvalue weighted by Gasteiger charge is -2.34. The van der Waals surface area contributed by atoms with E-state index in [1.807, 2.05) is 24.1 Å². The van der Waals surface area contributed by atoms with Gasteiger partial charge in [0.05, 0.1) is 5.52 Å². The molecule has 3 rings (SSSR count). The van der Waals surface area contributed by atoms with Crippen molar-refractivity contribution < 1.29 is 0 Å². The third kappa shape index (κ3) is 7.00. The van der Waals surface area contributed by atoms with E-state index in [4.69, 9.17) is 5.26 Å². The van der Waals surface area contributed by atoms with Gasteiger partial charge in [-0.1, -0.05) is 57.2 Å². The molecule has 1 aliphatic heterocycles. The number of anilines is 1. The smallest absolute Gasteiger partial charge is 0.278 e. The van der Waals surface area contributed by atoms with Crippen LogP contribution in [0.2, 0.25) is 0 Å². The van der Waals surface area contributed by atoms with Crippen molar-refractivity contribution in [3.05, 3.63) is 28.7 Å². The van der Waals surface area contributed by atoms with Crippen LogP contribution in [-0.4, -0.2) is 51.2 Å². The van der Waals surface area contributed by atoms with Crippen molar-refractivity contribution in [1.29, 1.82) is 5.26 Å². The van der Waals surface area contributed by atoms with Gasteiger partial charge in [0.15, 0.2) is 5.52 Å². The van der Waals surface area contributed by atoms with Crippen LogP contribution in [0.25, 0.3) is 11.0 Å². The van der Waals surface area contributed by atoms with E-state index in [1.165, 1.54) is 43.3 Å². The number of aromatic nitrogens is 3. The quantitative estimate of drug-likeness (QED) is 0.293. The molecule has 152 valence electrons. The molecule has 2 aromatic heterocycles. The molecule has 0 spiro atoms. The first-order chi connectivity index (χ1) is 13.7. The van der Waals surface area contributed by atoms with Gasteiger partial charge in [-0.2, -0.15) is 5.26 Å². The third-order valence-corrected chi connectivity index (χ3v) is 5.71. The van der Waals surface area contributed by atoms with Crippen LogP contribution in [0.15, 0.2) is 23.1 Å². The average Bonchev–Trinajstić information content (AvgIpc) is 2.72. The standard InChI is InChI=1S/C18H27N5OS.CHNS/c1-2-3-4-5-6-14-25-23-12-10-22(11-13-23)18-20-15-8-7-9-19-16(15)17(24)21-18;2-1-3/h7-9H,2-6,10-14H2,1H3,(H,20,21,24);3H. The van der Waals surface area contributed by atoms with Crippen molar-refractivity contribution in [2.75, 3.05) is 36.8 Å². The second-order valence-electron chi connectivity index (χ2n) is 6.52. The largest absolute Gasteiger partial charge is 0.340 e. The van der Waals surface area contributed by atoms with Crippen LogP contribution in [-0.2, 0) is 0 Å². The highest BCUT2D eigenvalue weighted by Crippen LogP contribution is 2.19. The number of hydrogen-bond acceptors (Lipinski definition) is 8. The second kappa shape index (κ2) is 12.6. The Hall–Kier alpha value is -1.76. The number of nitriles is 1. The molecule has 0 amide bonds. The monoisotopic (exact) mass is 420 g/mol. The maximum Gasteiger partial charge on any atom is 0.278 e. The predicted octanol–water partition coefficient (Wildman–Crippen LogP) is 3.46. The summed E-state index contributed by atoms with van der Waals surface area (Å²) in [5.41, 5.74) is 0.901. The van der Waals surface area contributed by atoms with Gasteiger partial charge in [-0.3, -0.25) is 9.78 Å². The van der Waals surface area contributed by atoms with Crippen molar-refractivity contribution in [2.45, 2.75) is 39.0 Å². The summed E-state index contributed by atoms with van der Waals surface area (Å²) in [4.78, 5) is 25.9. The summed E-state index contributed by atoms with van der Waals surface area (Å²) in [6.45, 7) is 6.01. The van der Waals surface area contributed by atoms with Gasteiger partial charge in [-0.05, 0) is 18.6 Å². The highest BCUT2D eigenvalue weighted by atomic mass is 32.2. The number of nitrogens with one attached hydrogen (secondary N) is 1. The number of thiocyanates is 1. The van der Waals surface area contributed by atoms with Gasteiger partial charge in [-0.15, -0.1) is 0 Å². The van der Waals surface area contributed by atoms with Gasteiger partial charge in [0.1, 0.15) is 5.40 Å². The lowest BCUT2D eigenvalue weighted by molar-refractivity contribution is 0.425. The maximum absolute atomic E-state index is 12.2. The number of nitrogens with zero attached hydrogens (tertiary/aromatic N) is 5. The van der Waals surface area contributed by atoms with E-state index >= 15 is 0 Å². The van der Waals surface area contributed by atoms with E-state index in [0.29, 0.717) is 17.0 Å². The fourth-order valence-corrected chi connectivity index (χ4v) is 4.06. The maximum atomic E-state index is 12.2. The number of rotatable bonds is 8. The van der Waals surface area contributed by atoms with E-state index in [0.717, 1.165) is 26.2 Å². The number of unbranched alkanes of at least 4 members (excludes halogenated alkanes) is 4. The van der Waals surface area contributed by atoms with E-state index in [2.05, 4.69) is 43.7 Å². The molecule has 2 aromatic rings. The van der Waals surface area contributed by atoms with Crippen molar-refractivity contribution in [1.82, 2.24) is 19.3 Å². The van der Waals surface area contributed by atoms with Crippen LogP contribution in [0.4, 0.5) is 5.95 Å². The Morgan fingerprint density at radius 3 is 2.68 bits per heavy atom. The highest BCUT2D eigenvalue weighted by molar-refractivity contribution is 7.97. The minimum Gasteiger partial charge on any atom is -0.340 e. The fourth-order valence-electron chi connectivity index (χ4n) is 3.04. The molecule has 0 saturated carbocycles. The Morgan fingerprint density at radius 1 is 1.25 bits per heavy atom. The molecule has 0 bridgehead atoms. The molecule has 7 nitrogen and oxygen atoms in total. The summed E-state index contributed by atoms with van der Waals surface area (Å²) in [6.07, 6.45) is 8.29. The Kier molecular flexibility index (Phi) is 10.2. The number of pyridine rings is 1. The molecule has 1 aliphatic rings. The molecule has 1 saturated heterocycles. The summed E-state index contributed by atoms with van der Waals surface area (Å²) in [6, 6.07) is 3.65. The first-order valence-corrected chi connectivity index (χ1v) is 11.1. The zero-order valence-electron chi connectivity index (χ0n) is 16.3. The molecule has 3 heterocycles. The van der Waals surface area contributed by atoms with Crippen molar-refractivity contribution in [3.8, 4) is 5.40 Å². The van der Waals surface area contributed by atoms with Gasteiger partial charge < -0.3 is 4.90 Å². The van der Waals surface area contributed by atoms with Crippen LogP contribution in [0, 0.1) is 10.7 Å². The molecule has 9 heteroatoms. The fraction of sp³-hybridized carbons (Fsp3) is 0.579. The topological polar surface area (TPSA) is 88.9 Å². The zero-order valence-corrected chi connectivity index (χ0v) is 18.0. The van der Waals surface area contributed by atoms with E-state index < -0.39 is 0 Å². The lowest BCUT2D eigenvalue weighted by Crippen LogP contribution is -2.44. The summed E-state index contributed by atoms with van der Waals surface area (Å²) in [5.74, 6) is 1.87. The second-order valence-corrected chi connectivity index (χ2v) is 7.91. The average molecular weight is 421 g/mol. The molecule has 0 aliphatic carbocycles. The number of piperazine rings is 1. The van der Waals surface area contributed by atoms with Crippen LogP contribution < -0.4 is 10.5 Å². The number of hydrogen-bond donors (Lipinski definition) is 2. The van der Waals surface area contributed by atoms with E-state index in [-0.39, 0.29) is 5.56 Å². The van der Waals surface area contributed by atoms with Crippen molar-refractivity contribution in [2.24, 2.45) is 0 Å². The predicted molar refractivity (Wildman–Crippen MR) is 120 cm³/mol. The molecule has 0 radical (unpaired) electrons. The SMILES string of the molecule is CCCCCCCSN1CCN(c2nc3cccnc3c(=O)[nH]2)CC1.N#CS. The Labute approximate surface area is 176 Å². The van der Waals surface area contributed by atoms with Gasteiger partial charge in [0.2, 0.25) is 5.95 Å². The summed E-state index contributed by atoms with van der Waals surface area (Å²) in [7, 11) is 0. The van der Waals surface area contributed by atoms with E-state index in [9.17, 15) is 4.79 Å². The number of H-pyrrole nitrogens is 1. The molecule has 1 N–H and O–H groups in total. The highest BCUT2D eigenvalue weighted by Gasteiger charge is 2.19. The number of fused-ring (bicyclic) bond motifs is 1. The lowest BCUT2D eigenvalue weighted by atomic mass is 10.2. The summed E-state index contributed by atoms with van der Waals surface area (Å²) >= 11 is 5.06. The molecule has 28 heavy (non-hydrogen) atoms. The molecule has 0 atom stereocenters. The first-order valence-electron chi connectivity index (χ1n) is 9.70. The van der Waals surface area contributed by atoms with Crippen LogP contribution >= 0.6 is 24.6 Å². The van der Waals surface area contributed by atoms with Crippen LogP contribution in [0.1, 0.15) is 39.0 Å². The van der Waals surface area contributed by atoms with Crippen molar-refractivity contribution >= 4 is 41.6 Å². The number of thiol groups is 1. The minimum absolute atomic E-state index is 0.163. The van der Waals surface area contributed by atoms with E-state index in [1.54, 1.807) is 6.20 Å². The van der Waals surface area contributed by atoms with Gasteiger partial charge in [0, 0.05) is 38.1 Å².